The van der Waals surface area contributed by atoms with Gasteiger partial charge < -0.3 is 9.72 Å². The van der Waals surface area contributed by atoms with Gasteiger partial charge in [0.25, 0.3) is 5.56 Å². The van der Waals surface area contributed by atoms with Crippen LogP contribution < -0.4 is 5.56 Å². The molecule has 4 nitrogen and oxygen atoms in total. The SMILES string of the molecule is CCOC(=O)CCc1c[nH]c(=O)c(Br)c1. The van der Waals surface area contributed by atoms with Crippen molar-refractivity contribution in [3.63, 3.8) is 0 Å². The minimum absolute atomic E-state index is 0.171. The Morgan fingerprint density at radius 2 is 2.33 bits per heavy atom. The maximum Gasteiger partial charge on any atom is 0.306 e. The number of aromatic nitrogens is 1. The highest BCUT2D eigenvalue weighted by molar-refractivity contribution is 9.10. The van der Waals surface area contributed by atoms with E-state index in [-0.39, 0.29) is 11.5 Å². The summed E-state index contributed by atoms with van der Waals surface area (Å²) in [6.45, 7) is 2.17. The Morgan fingerprint density at radius 1 is 1.60 bits per heavy atom. The fourth-order valence-corrected chi connectivity index (χ4v) is 1.53. The van der Waals surface area contributed by atoms with E-state index in [4.69, 9.17) is 4.74 Å². The van der Waals surface area contributed by atoms with Crippen LogP contribution in [0.15, 0.2) is 21.5 Å². The molecule has 1 aromatic rings. The molecule has 0 bridgehead atoms. The largest absolute Gasteiger partial charge is 0.466 e. The number of esters is 1. The molecule has 1 aromatic heterocycles. The van der Waals surface area contributed by atoms with Crippen molar-refractivity contribution in [3.8, 4) is 0 Å². The first-order chi connectivity index (χ1) is 7.13. The van der Waals surface area contributed by atoms with Gasteiger partial charge in [0.15, 0.2) is 0 Å². The summed E-state index contributed by atoms with van der Waals surface area (Å²) >= 11 is 3.12. The van der Waals surface area contributed by atoms with Gasteiger partial charge in [-0.25, -0.2) is 0 Å². The number of aryl methyl sites for hydroxylation is 1. The van der Waals surface area contributed by atoms with Crippen LogP contribution in [0.3, 0.4) is 0 Å². The number of aromatic amines is 1. The fourth-order valence-electron chi connectivity index (χ4n) is 1.12. The minimum atomic E-state index is -0.222. The number of hydrogen-bond donors (Lipinski definition) is 1. The molecule has 0 saturated heterocycles. The van der Waals surface area contributed by atoms with Crippen LogP contribution in [-0.2, 0) is 16.0 Å². The second-order valence-electron chi connectivity index (χ2n) is 2.99. The standard InChI is InChI=1S/C10H12BrNO3/c1-2-15-9(13)4-3-7-5-8(11)10(14)12-6-7/h5-6H,2-4H2,1H3,(H,12,14). The number of halogens is 1. The minimum Gasteiger partial charge on any atom is -0.466 e. The van der Waals surface area contributed by atoms with Crippen molar-refractivity contribution < 1.29 is 9.53 Å². The first kappa shape index (κ1) is 12.0. The normalized spacial score (nSPS) is 10.0. The zero-order chi connectivity index (χ0) is 11.3. The Labute approximate surface area is 95.8 Å². The smallest absolute Gasteiger partial charge is 0.306 e. The summed E-state index contributed by atoms with van der Waals surface area (Å²) in [6.07, 6.45) is 2.49. The van der Waals surface area contributed by atoms with E-state index in [1.54, 1.807) is 19.2 Å². The van der Waals surface area contributed by atoms with E-state index in [1.165, 1.54) is 0 Å². The predicted molar refractivity (Wildman–Crippen MR) is 59.7 cm³/mol. The first-order valence-electron chi connectivity index (χ1n) is 4.66. The van der Waals surface area contributed by atoms with Crippen molar-refractivity contribution in [2.45, 2.75) is 19.8 Å². The zero-order valence-electron chi connectivity index (χ0n) is 8.38. The number of carbonyl (C=O) groups is 1. The summed E-state index contributed by atoms with van der Waals surface area (Å²) in [5, 5.41) is 0. The zero-order valence-corrected chi connectivity index (χ0v) is 9.96. The Bertz CT molecular complexity index is 400. The van der Waals surface area contributed by atoms with Gasteiger partial charge in [-0.2, -0.15) is 0 Å². The van der Waals surface area contributed by atoms with Crippen molar-refractivity contribution >= 4 is 21.9 Å². The first-order valence-corrected chi connectivity index (χ1v) is 5.45. The van der Waals surface area contributed by atoms with Crippen LogP contribution in [0.25, 0.3) is 0 Å². The van der Waals surface area contributed by atoms with E-state index in [0.717, 1.165) is 5.56 Å². The van der Waals surface area contributed by atoms with Gasteiger partial charge in [-0.3, -0.25) is 9.59 Å². The van der Waals surface area contributed by atoms with Gasteiger partial charge in [-0.15, -0.1) is 0 Å². The Hall–Kier alpha value is -1.10. The highest BCUT2D eigenvalue weighted by atomic mass is 79.9. The average molecular weight is 274 g/mol. The molecule has 0 aliphatic carbocycles. The second kappa shape index (κ2) is 5.70. The molecule has 0 amide bonds. The van der Waals surface area contributed by atoms with Crippen molar-refractivity contribution in [2.24, 2.45) is 0 Å². The highest BCUT2D eigenvalue weighted by Gasteiger charge is 2.04. The number of rotatable bonds is 4. The van der Waals surface area contributed by atoms with Gasteiger partial charge in [0.1, 0.15) is 0 Å². The predicted octanol–water partition coefficient (Wildman–Crippen LogP) is 1.63. The van der Waals surface area contributed by atoms with E-state index >= 15 is 0 Å². The number of carbonyl (C=O) groups excluding carboxylic acids is 1. The van der Waals surface area contributed by atoms with E-state index in [0.29, 0.717) is 23.9 Å². The molecule has 0 fully saturated rings. The van der Waals surface area contributed by atoms with Crippen LogP contribution in [0.4, 0.5) is 0 Å². The Kier molecular flexibility index (Phi) is 4.55. The Morgan fingerprint density at radius 3 is 2.93 bits per heavy atom. The van der Waals surface area contributed by atoms with Crippen LogP contribution in [0.2, 0.25) is 0 Å². The van der Waals surface area contributed by atoms with Gasteiger partial charge in [0.05, 0.1) is 11.1 Å². The lowest BCUT2D eigenvalue weighted by Crippen LogP contribution is -2.09. The number of H-pyrrole nitrogens is 1. The molecule has 0 unspecified atom stereocenters. The lowest BCUT2D eigenvalue weighted by atomic mass is 10.2. The van der Waals surface area contributed by atoms with Crippen molar-refractivity contribution in [1.29, 1.82) is 0 Å². The van der Waals surface area contributed by atoms with Gasteiger partial charge >= 0.3 is 5.97 Å². The van der Waals surface area contributed by atoms with Gasteiger partial charge in [-0.1, -0.05) is 0 Å². The van der Waals surface area contributed by atoms with Crippen molar-refractivity contribution in [3.05, 3.63) is 32.7 Å². The van der Waals surface area contributed by atoms with E-state index in [1.807, 2.05) is 0 Å². The fraction of sp³-hybridized carbons (Fsp3) is 0.400. The molecule has 0 aliphatic rings. The topological polar surface area (TPSA) is 59.2 Å². The number of nitrogens with one attached hydrogen (secondary N) is 1. The molecule has 0 spiro atoms. The molecule has 0 saturated carbocycles. The third-order valence-electron chi connectivity index (χ3n) is 1.84. The molecule has 0 atom stereocenters. The van der Waals surface area contributed by atoms with Crippen LogP contribution in [0.1, 0.15) is 18.9 Å². The molecule has 1 rings (SSSR count). The molecule has 1 heterocycles. The van der Waals surface area contributed by atoms with Gasteiger partial charge in [-0.05, 0) is 40.9 Å². The third kappa shape index (κ3) is 3.87. The van der Waals surface area contributed by atoms with Gasteiger partial charge in [0, 0.05) is 12.6 Å². The van der Waals surface area contributed by atoms with E-state index < -0.39 is 0 Å². The molecule has 0 radical (unpaired) electrons. The molecule has 1 N–H and O–H groups in total. The average Bonchev–Trinajstić information content (AvgIpc) is 2.20. The summed E-state index contributed by atoms with van der Waals surface area (Å²) in [5.41, 5.74) is 0.726. The molecule has 0 aliphatic heterocycles. The molecule has 15 heavy (non-hydrogen) atoms. The van der Waals surface area contributed by atoms with Crippen LogP contribution >= 0.6 is 15.9 Å². The molecule has 5 heteroatoms. The number of pyridine rings is 1. The van der Waals surface area contributed by atoms with Crippen molar-refractivity contribution in [2.75, 3.05) is 6.61 Å². The number of hydrogen-bond acceptors (Lipinski definition) is 3. The van der Waals surface area contributed by atoms with Gasteiger partial charge in [0.2, 0.25) is 0 Å². The van der Waals surface area contributed by atoms with Crippen LogP contribution in [-0.4, -0.2) is 17.6 Å². The maximum atomic E-state index is 11.1. The van der Waals surface area contributed by atoms with E-state index in [9.17, 15) is 9.59 Å². The lowest BCUT2D eigenvalue weighted by molar-refractivity contribution is -0.143. The van der Waals surface area contributed by atoms with Crippen LogP contribution in [0.5, 0.6) is 0 Å². The number of ether oxygens (including phenoxy) is 1. The summed E-state index contributed by atoms with van der Waals surface area (Å²) in [4.78, 5) is 24.6. The third-order valence-corrected chi connectivity index (χ3v) is 2.43. The maximum absolute atomic E-state index is 11.1. The second-order valence-corrected chi connectivity index (χ2v) is 3.84. The van der Waals surface area contributed by atoms with Crippen molar-refractivity contribution in [1.82, 2.24) is 4.98 Å². The molecular formula is C10H12BrNO3. The van der Waals surface area contributed by atoms with Crippen LogP contribution in [0, 0.1) is 0 Å². The monoisotopic (exact) mass is 273 g/mol. The summed E-state index contributed by atoms with van der Waals surface area (Å²) < 4.78 is 5.27. The molecule has 82 valence electrons. The molecular weight excluding hydrogens is 262 g/mol. The summed E-state index contributed by atoms with van der Waals surface area (Å²) in [5.74, 6) is -0.222. The summed E-state index contributed by atoms with van der Waals surface area (Å²) in [7, 11) is 0. The van der Waals surface area contributed by atoms with E-state index in [2.05, 4.69) is 20.9 Å². The highest BCUT2D eigenvalue weighted by Crippen LogP contribution is 2.07. The quantitative estimate of drug-likeness (QED) is 0.849. The Balaban J connectivity index is 2.55. The molecule has 0 aromatic carbocycles. The lowest BCUT2D eigenvalue weighted by Gasteiger charge is -2.02. The summed E-state index contributed by atoms with van der Waals surface area (Å²) in [6, 6.07) is 1.71.